The summed E-state index contributed by atoms with van der Waals surface area (Å²) in [6.45, 7) is 10.4. The summed E-state index contributed by atoms with van der Waals surface area (Å²) in [6.07, 6.45) is 22.6. The smallest absolute Gasteiger partial charge is 0.0446 e. The van der Waals surface area contributed by atoms with Gasteiger partial charge in [0.05, 0.1) is 0 Å². The van der Waals surface area contributed by atoms with Crippen LogP contribution in [0.2, 0.25) is 0 Å². The molecule has 0 bridgehead atoms. The lowest BCUT2D eigenvalue weighted by molar-refractivity contribution is 0.586. The molecule has 0 amide bonds. The first kappa shape index (κ1) is 29.5. The molecule has 0 N–H and O–H groups in total. The van der Waals surface area contributed by atoms with Crippen molar-refractivity contribution in [1.82, 2.24) is 0 Å². The van der Waals surface area contributed by atoms with E-state index in [1.165, 1.54) is 108 Å². The maximum Gasteiger partial charge on any atom is 0.0446 e. The fourth-order valence-electron chi connectivity index (χ4n) is 5.52. The van der Waals surface area contributed by atoms with Crippen LogP contribution in [0.25, 0.3) is 0 Å². The summed E-state index contributed by atoms with van der Waals surface area (Å²) in [5.74, 6) is 0. The number of hydrogen-bond donors (Lipinski definition) is 0. The van der Waals surface area contributed by atoms with Crippen molar-refractivity contribution in [1.29, 1.82) is 0 Å². The van der Waals surface area contributed by atoms with E-state index in [4.69, 9.17) is 0 Å². The van der Waals surface area contributed by atoms with Gasteiger partial charge in [-0.25, -0.2) is 0 Å². The van der Waals surface area contributed by atoms with E-state index in [0.29, 0.717) is 0 Å². The molecule has 0 aliphatic carbocycles. The van der Waals surface area contributed by atoms with Gasteiger partial charge in [-0.05, 0) is 67.0 Å². The monoisotopic (exact) mass is 477 g/mol. The first-order valence-corrected chi connectivity index (χ1v) is 15.2. The zero-order valence-corrected chi connectivity index (χ0v) is 23.7. The molecule has 196 valence electrons. The van der Waals surface area contributed by atoms with Crippen molar-refractivity contribution in [2.45, 2.75) is 137 Å². The van der Waals surface area contributed by atoms with E-state index < -0.39 is 0 Å². The Labute approximate surface area is 218 Å². The molecule has 0 aliphatic heterocycles. The highest BCUT2D eigenvalue weighted by Crippen LogP contribution is 2.34. The second kappa shape index (κ2) is 18.5. The molecule has 1 nitrogen and oxygen atoms in total. The summed E-state index contributed by atoms with van der Waals surface area (Å²) >= 11 is 0. The fourth-order valence-corrected chi connectivity index (χ4v) is 5.52. The van der Waals surface area contributed by atoms with E-state index in [1.54, 1.807) is 16.7 Å². The third-order valence-corrected chi connectivity index (χ3v) is 7.61. The molecule has 0 unspecified atom stereocenters. The summed E-state index contributed by atoms with van der Waals surface area (Å²) in [7, 11) is 0. The molecule has 0 fully saturated rings. The summed E-state index contributed by atoms with van der Waals surface area (Å²) in [5, 5.41) is 0. The van der Waals surface area contributed by atoms with E-state index in [1.807, 2.05) is 0 Å². The Morgan fingerprint density at radius 1 is 0.514 bits per heavy atom. The zero-order valence-electron chi connectivity index (χ0n) is 23.7. The van der Waals surface area contributed by atoms with Gasteiger partial charge < -0.3 is 4.90 Å². The van der Waals surface area contributed by atoms with Gasteiger partial charge in [0.25, 0.3) is 0 Å². The lowest BCUT2D eigenvalue weighted by Crippen LogP contribution is -2.21. The number of anilines is 2. The first-order chi connectivity index (χ1) is 17.3. The molecule has 2 aromatic rings. The van der Waals surface area contributed by atoms with Gasteiger partial charge in [0.2, 0.25) is 0 Å². The van der Waals surface area contributed by atoms with Crippen molar-refractivity contribution < 1.29 is 0 Å². The zero-order chi connectivity index (χ0) is 25.1. The molecular formula is C34H55N. The predicted octanol–water partition coefficient (Wildman–Crippen LogP) is 11.0. The topological polar surface area (TPSA) is 3.24 Å². The predicted molar refractivity (Wildman–Crippen MR) is 158 cm³/mol. The highest BCUT2D eigenvalue weighted by Gasteiger charge is 2.17. The standard InChI is InChI=1S/C34H55N/c1-5-9-11-13-15-17-22-26-33-32(8-4)30(7-3)27-28-34(33)35(31-24-20-19-21-25-31)29-23-18-16-14-12-10-6-2/h19-21,24-25,27-28H,5-18,22-23,26,29H2,1-4H3. The van der Waals surface area contributed by atoms with Crippen molar-refractivity contribution in [3.63, 3.8) is 0 Å². The largest absolute Gasteiger partial charge is 0.341 e. The van der Waals surface area contributed by atoms with Crippen molar-refractivity contribution in [3.8, 4) is 0 Å². The molecule has 0 spiro atoms. The third kappa shape index (κ3) is 10.4. The quantitative estimate of drug-likeness (QED) is 0.171. The number of hydrogen-bond acceptors (Lipinski definition) is 1. The van der Waals surface area contributed by atoms with Gasteiger partial charge in [0.1, 0.15) is 0 Å². The van der Waals surface area contributed by atoms with Crippen molar-refractivity contribution in [2.75, 3.05) is 11.4 Å². The van der Waals surface area contributed by atoms with Gasteiger partial charge in [0.15, 0.2) is 0 Å². The Balaban J connectivity index is 2.18. The Bertz CT molecular complexity index is 779. The average molecular weight is 478 g/mol. The molecule has 0 aliphatic rings. The average Bonchev–Trinajstić information content (AvgIpc) is 2.90. The number of aryl methyl sites for hydroxylation is 1. The van der Waals surface area contributed by atoms with Crippen LogP contribution >= 0.6 is 0 Å². The Hall–Kier alpha value is -1.76. The molecule has 0 aromatic heterocycles. The van der Waals surface area contributed by atoms with Crippen LogP contribution in [0.5, 0.6) is 0 Å². The Morgan fingerprint density at radius 2 is 1.09 bits per heavy atom. The normalized spacial score (nSPS) is 11.2. The van der Waals surface area contributed by atoms with E-state index in [9.17, 15) is 0 Å². The number of nitrogens with zero attached hydrogens (tertiary/aromatic N) is 1. The van der Waals surface area contributed by atoms with Crippen molar-refractivity contribution in [2.24, 2.45) is 0 Å². The van der Waals surface area contributed by atoms with Crippen LogP contribution in [0.4, 0.5) is 11.4 Å². The Kier molecular flexibility index (Phi) is 15.6. The summed E-state index contributed by atoms with van der Waals surface area (Å²) in [5.41, 5.74) is 7.63. The summed E-state index contributed by atoms with van der Waals surface area (Å²) < 4.78 is 0. The summed E-state index contributed by atoms with van der Waals surface area (Å²) in [6, 6.07) is 16.0. The van der Waals surface area contributed by atoms with Gasteiger partial charge in [-0.3, -0.25) is 0 Å². The minimum Gasteiger partial charge on any atom is -0.341 e. The van der Waals surface area contributed by atoms with Gasteiger partial charge in [-0.15, -0.1) is 0 Å². The van der Waals surface area contributed by atoms with E-state index in [-0.39, 0.29) is 0 Å². The van der Waals surface area contributed by atoms with Crippen LogP contribution in [0.1, 0.15) is 134 Å². The lowest BCUT2D eigenvalue weighted by Gasteiger charge is -2.30. The molecule has 2 aromatic carbocycles. The molecule has 0 saturated heterocycles. The first-order valence-electron chi connectivity index (χ1n) is 15.2. The van der Waals surface area contributed by atoms with Gasteiger partial charge >= 0.3 is 0 Å². The number of unbranched alkanes of at least 4 members (excludes halogenated alkanes) is 12. The molecule has 2 rings (SSSR count). The van der Waals surface area contributed by atoms with E-state index >= 15 is 0 Å². The molecule has 1 heteroatoms. The molecule has 0 atom stereocenters. The molecule has 35 heavy (non-hydrogen) atoms. The summed E-state index contributed by atoms with van der Waals surface area (Å²) in [4.78, 5) is 2.64. The highest BCUT2D eigenvalue weighted by molar-refractivity contribution is 5.69. The highest BCUT2D eigenvalue weighted by atomic mass is 15.1. The van der Waals surface area contributed by atoms with Gasteiger partial charge in [-0.2, -0.15) is 0 Å². The van der Waals surface area contributed by atoms with Gasteiger partial charge in [-0.1, -0.05) is 129 Å². The minimum absolute atomic E-state index is 1.12. The van der Waals surface area contributed by atoms with Crippen molar-refractivity contribution >= 4 is 11.4 Å². The number of rotatable bonds is 20. The lowest BCUT2D eigenvalue weighted by atomic mass is 9.91. The maximum atomic E-state index is 2.64. The minimum atomic E-state index is 1.12. The van der Waals surface area contributed by atoms with Crippen LogP contribution in [0, 0.1) is 0 Å². The van der Waals surface area contributed by atoms with Crippen LogP contribution < -0.4 is 4.90 Å². The fraction of sp³-hybridized carbons (Fsp3) is 0.647. The van der Waals surface area contributed by atoms with Crippen LogP contribution in [0.15, 0.2) is 42.5 Å². The SMILES string of the molecule is CCCCCCCCCc1c(N(CCCCCCCCC)c2ccccc2)ccc(CC)c1CC. The number of benzene rings is 2. The second-order valence-corrected chi connectivity index (χ2v) is 10.4. The maximum absolute atomic E-state index is 2.64. The van der Waals surface area contributed by atoms with E-state index in [2.05, 4.69) is 75.1 Å². The molecule has 0 radical (unpaired) electrons. The number of para-hydroxylation sites is 1. The van der Waals surface area contributed by atoms with Crippen molar-refractivity contribution in [3.05, 3.63) is 59.2 Å². The van der Waals surface area contributed by atoms with Crippen LogP contribution in [-0.2, 0) is 19.3 Å². The van der Waals surface area contributed by atoms with Gasteiger partial charge in [0, 0.05) is 17.9 Å². The van der Waals surface area contributed by atoms with Crippen LogP contribution in [-0.4, -0.2) is 6.54 Å². The van der Waals surface area contributed by atoms with E-state index in [0.717, 1.165) is 19.4 Å². The Morgan fingerprint density at radius 3 is 1.66 bits per heavy atom. The van der Waals surface area contributed by atoms with Crippen LogP contribution in [0.3, 0.4) is 0 Å². The second-order valence-electron chi connectivity index (χ2n) is 10.4. The molecular weight excluding hydrogens is 422 g/mol. The molecule has 0 saturated carbocycles. The third-order valence-electron chi connectivity index (χ3n) is 7.61. The molecule has 0 heterocycles.